The lowest BCUT2D eigenvalue weighted by molar-refractivity contribution is 0.492. The van der Waals surface area contributed by atoms with E-state index < -0.39 is 0 Å². The number of rotatable bonds is 0. The molecule has 0 bridgehead atoms. The van der Waals surface area contributed by atoms with Gasteiger partial charge in [-0.3, -0.25) is 0 Å². The third kappa shape index (κ3) is 2.46. The van der Waals surface area contributed by atoms with Crippen LogP contribution in [0.4, 0.5) is 0 Å². The first-order chi connectivity index (χ1) is 9.43. The monoisotopic (exact) mass is 360 g/mol. The fraction of sp³-hybridized carbons (Fsp3) is 0.167. The summed E-state index contributed by atoms with van der Waals surface area (Å²) in [5.74, 6) is 2.35. The third-order valence-electron chi connectivity index (χ3n) is 2.58. The summed E-state index contributed by atoms with van der Waals surface area (Å²) in [4.78, 5) is 2.70. The topological polar surface area (TPSA) is 13.1 Å². The van der Waals surface area contributed by atoms with Crippen LogP contribution in [0.3, 0.4) is 0 Å². The summed E-state index contributed by atoms with van der Waals surface area (Å²) < 4.78 is 8.81. The number of furan rings is 1. The highest BCUT2D eigenvalue weighted by molar-refractivity contribution is 8.35. The average molecular weight is 361 g/mol. The zero-order chi connectivity index (χ0) is 12.7. The normalized spacial score (nSPS) is 21.5. The smallest absolute Gasteiger partial charge is 0.163 e. The second kappa shape index (κ2) is 5.77. The van der Waals surface area contributed by atoms with Gasteiger partial charge in [0.2, 0.25) is 0 Å². The Labute approximate surface area is 136 Å². The second-order valence-electron chi connectivity index (χ2n) is 3.71. The summed E-state index contributed by atoms with van der Waals surface area (Å²) in [5, 5.41) is 8.51. The minimum atomic E-state index is 1.09. The van der Waals surface area contributed by atoms with Gasteiger partial charge in [-0.25, -0.2) is 0 Å². The molecule has 0 unspecified atom stereocenters. The Morgan fingerprint density at radius 2 is 1.11 bits per heavy atom. The minimum absolute atomic E-state index is 1.09. The van der Waals surface area contributed by atoms with Crippen molar-refractivity contribution in [2.45, 2.75) is 9.79 Å². The lowest BCUT2D eigenvalue weighted by atomic mass is 10.5. The summed E-state index contributed by atoms with van der Waals surface area (Å²) >= 11 is 11.0. The summed E-state index contributed by atoms with van der Waals surface area (Å²) in [5.41, 5.74) is 2.17. The van der Waals surface area contributed by atoms with Crippen molar-refractivity contribution in [2.75, 3.05) is 11.5 Å². The van der Waals surface area contributed by atoms with E-state index >= 15 is 0 Å². The van der Waals surface area contributed by atoms with Gasteiger partial charge in [0.25, 0.3) is 0 Å². The van der Waals surface area contributed by atoms with Crippen molar-refractivity contribution in [2.24, 2.45) is 0 Å². The summed E-state index contributed by atoms with van der Waals surface area (Å²) in [6, 6.07) is 0. The molecule has 0 aliphatic carbocycles. The molecule has 0 aromatic carbocycles. The average Bonchev–Trinajstić information content (AvgIpc) is 3.18. The molecule has 4 heterocycles. The number of hydrogen-bond acceptors (Lipinski definition) is 7. The zero-order valence-corrected chi connectivity index (χ0v) is 14.5. The van der Waals surface area contributed by atoms with Crippen LogP contribution in [0.5, 0.6) is 0 Å². The van der Waals surface area contributed by atoms with Crippen molar-refractivity contribution >= 4 is 79.0 Å². The van der Waals surface area contributed by atoms with Gasteiger partial charge in [0.1, 0.15) is 0 Å². The van der Waals surface area contributed by atoms with Crippen LogP contribution in [0.2, 0.25) is 0 Å². The van der Waals surface area contributed by atoms with Crippen molar-refractivity contribution in [1.82, 2.24) is 0 Å². The molecule has 0 saturated heterocycles. The summed E-state index contributed by atoms with van der Waals surface area (Å²) in [7, 11) is 0. The van der Waals surface area contributed by atoms with Gasteiger partial charge in [0, 0.05) is 11.5 Å². The third-order valence-corrected chi connectivity index (χ3v) is 9.33. The maximum Gasteiger partial charge on any atom is 0.163 e. The van der Waals surface area contributed by atoms with Crippen LogP contribution in [0.25, 0.3) is 8.47 Å². The summed E-state index contributed by atoms with van der Waals surface area (Å²) in [6.07, 6.45) is 0. The molecule has 0 spiro atoms. The Kier molecular flexibility index (Phi) is 4.03. The largest absolute Gasteiger partial charge is 0.451 e. The van der Waals surface area contributed by atoms with E-state index in [9.17, 15) is 0 Å². The van der Waals surface area contributed by atoms with Gasteiger partial charge in [-0.15, -0.1) is 23.5 Å². The van der Waals surface area contributed by atoms with Crippen molar-refractivity contribution in [3.8, 4) is 0 Å². The van der Waals surface area contributed by atoms with Crippen LogP contribution in [0, 0.1) is 0 Å². The highest BCUT2D eigenvalue weighted by atomic mass is 32.2. The Bertz CT molecular complexity index is 620. The van der Waals surface area contributed by atoms with E-state index in [1.807, 2.05) is 23.5 Å². The molecule has 0 fully saturated rings. The molecule has 3 aliphatic rings. The van der Waals surface area contributed by atoms with Gasteiger partial charge < -0.3 is 4.42 Å². The van der Waals surface area contributed by atoms with E-state index in [0.29, 0.717) is 0 Å². The first-order valence-corrected chi connectivity index (χ1v) is 11.1. The number of thioether (sulfide) groups is 6. The van der Waals surface area contributed by atoms with Crippen LogP contribution < -0.4 is 10.8 Å². The first-order valence-electron chi connectivity index (χ1n) is 5.57. The van der Waals surface area contributed by atoms with Gasteiger partial charge in [-0.1, -0.05) is 47.0 Å². The molecule has 1 aromatic rings. The minimum Gasteiger partial charge on any atom is -0.451 e. The van der Waals surface area contributed by atoms with E-state index in [4.69, 9.17) is 4.42 Å². The van der Waals surface area contributed by atoms with E-state index in [1.54, 1.807) is 47.0 Å². The lowest BCUT2D eigenvalue weighted by Crippen LogP contribution is -2.04. The quantitative estimate of drug-likeness (QED) is 0.666. The Morgan fingerprint density at radius 3 is 1.53 bits per heavy atom. The van der Waals surface area contributed by atoms with Crippen molar-refractivity contribution < 1.29 is 4.42 Å². The molecule has 3 aliphatic heterocycles. The van der Waals surface area contributed by atoms with Crippen LogP contribution in [0.15, 0.2) is 35.8 Å². The SMILES string of the molecule is C1=CSC(=c2oc(=C3SC=CS3)c3c2SCCS3)S1. The Hall–Kier alpha value is 0.600. The molecule has 1 nitrogen and oxygen atoms in total. The molecule has 7 heteroatoms. The van der Waals surface area contributed by atoms with E-state index in [-0.39, 0.29) is 0 Å². The van der Waals surface area contributed by atoms with Gasteiger partial charge >= 0.3 is 0 Å². The molecule has 98 valence electrons. The van der Waals surface area contributed by atoms with E-state index in [1.165, 1.54) is 29.8 Å². The highest BCUT2D eigenvalue weighted by Gasteiger charge is 2.23. The molecule has 1 aromatic heterocycles. The summed E-state index contributed by atoms with van der Waals surface area (Å²) in [6.45, 7) is 0. The standard InChI is InChI=1S/C12H8OS6/c1-2-15-10-8(12-18-5-6-19-12)13-7(9(10)14-1)11-16-3-4-17-11/h3-6H,1-2H2. The molecule has 0 atom stereocenters. The molecule has 0 radical (unpaired) electrons. The fourth-order valence-electron chi connectivity index (χ4n) is 1.85. The Morgan fingerprint density at radius 1 is 0.684 bits per heavy atom. The number of fused-ring (bicyclic) bond motifs is 1. The van der Waals surface area contributed by atoms with E-state index in [2.05, 4.69) is 21.6 Å². The van der Waals surface area contributed by atoms with Crippen molar-refractivity contribution in [3.63, 3.8) is 0 Å². The van der Waals surface area contributed by atoms with Crippen molar-refractivity contribution in [1.29, 1.82) is 0 Å². The van der Waals surface area contributed by atoms with Crippen LogP contribution in [0.1, 0.15) is 0 Å². The van der Waals surface area contributed by atoms with E-state index in [0.717, 1.165) is 10.8 Å². The molecule has 4 rings (SSSR count). The predicted octanol–water partition coefficient (Wildman–Crippen LogP) is 4.51. The molecule has 19 heavy (non-hydrogen) atoms. The fourth-order valence-corrected chi connectivity index (χ4v) is 8.03. The number of hydrogen-bond donors (Lipinski definition) is 0. The van der Waals surface area contributed by atoms with Crippen molar-refractivity contribution in [3.05, 3.63) is 32.5 Å². The van der Waals surface area contributed by atoms with Crippen LogP contribution in [-0.2, 0) is 0 Å². The molecule has 0 amide bonds. The van der Waals surface area contributed by atoms with Gasteiger partial charge in [-0.05, 0) is 21.6 Å². The molecule has 0 saturated carbocycles. The second-order valence-corrected chi connectivity index (χ2v) is 10.1. The van der Waals surface area contributed by atoms with Crippen LogP contribution in [-0.4, -0.2) is 11.5 Å². The maximum atomic E-state index is 6.26. The molecular weight excluding hydrogens is 353 g/mol. The molecular formula is C12H8OS6. The van der Waals surface area contributed by atoms with Crippen LogP contribution >= 0.6 is 70.6 Å². The van der Waals surface area contributed by atoms with Gasteiger partial charge in [-0.2, -0.15) is 0 Å². The predicted molar refractivity (Wildman–Crippen MR) is 94.9 cm³/mol. The first kappa shape index (κ1) is 13.3. The van der Waals surface area contributed by atoms with Gasteiger partial charge in [0.15, 0.2) is 10.8 Å². The highest BCUT2D eigenvalue weighted by Crippen LogP contribution is 2.43. The zero-order valence-electron chi connectivity index (χ0n) is 9.58. The lowest BCUT2D eigenvalue weighted by Gasteiger charge is -2.08. The molecule has 0 N–H and O–H groups in total. The Balaban J connectivity index is 1.99. The maximum absolute atomic E-state index is 6.26. The van der Waals surface area contributed by atoms with Gasteiger partial charge in [0.05, 0.1) is 18.3 Å².